The second-order valence-electron chi connectivity index (χ2n) is 14.5. The first-order valence-corrected chi connectivity index (χ1v) is 20.3. The molecule has 1 fully saturated rings. The summed E-state index contributed by atoms with van der Waals surface area (Å²) in [6.07, 6.45) is 1.23. The molecular weight excluding hydrogens is 787 g/mol. The Balaban J connectivity index is 1.38. The second-order valence-corrected chi connectivity index (χ2v) is 14.5. The number of hydrogen-bond donors (Lipinski definition) is 1. The van der Waals surface area contributed by atoms with Gasteiger partial charge in [-0.1, -0.05) is 100 Å². The number of aromatic amines is 1. The summed E-state index contributed by atoms with van der Waals surface area (Å²) in [7, 11) is 0. The highest BCUT2D eigenvalue weighted by molar-refractivity contribution is 5.91. The number of nitro groups is 1. The highest BCUT2D eigenvalue weighted by Crippen LogP contribution is 2.36. The molecule has 5 aromatic rings. The summed E-state index contributed by atoms with van der Waals surface area (Å²) in [4.78, 5) is 81.3. The number of nitro benzene ring substituents is 1. The molecule has 0 bridgehead atoms. The Bertz CT molecular complexity index is 2350. The Hall–Kier alpha value is -6.71. The molecule has 4 aromatic carbocycles. The lowest BCUT2D eigenvalue weighted by Crippen LogP contribution is -2.43. The van der Waals surface area contributed by atoms with E-state index in [0.717, 1.165) is 43.1 Å². The summed E-state index contributed by atoms with van der Waals surface area (Å²) in [5.74, 6) is -2.38. The molecule has 0 spiro atoms. The van der Waals surface area contributed by atoms with Crippen molar-refractivity contribution in [1.29, 1.82) is 0 Å². The van der Waals surface area contributed by atoms with Gasteiger partial charge in [0.2, 0.25) is 0 Å². The van der Waals surface area contributed by atoms with Crippen LogP contribution in [0.5, 0.6) is 0 Å². The van der Waals surface area contributed by atoms with Crippen molar-refractivity contribution in [3.05, 3.63) is 180 Å². The minimum Gasteiger partial charge on any atom is -0.459 e. The van der Waals surface area contributed by atoms with Crippen LogP contribution in [0.1, 0.15) is 106 Å². The van der Waals surface area contributed by atoms with Crippen LogP contribution in [0.4, 0.5) is 5.69 Å². The lowest BCUT2D eigenvalue weighted by Gasteiger charge is -2.26. The van der Waals surface area contributed by atoms with Crippen LogP contribution in [0.25, 0.3) is 0 Å². The molecule has 1 aliphatic heterocycles. The zero-order valence-corrected chi connectivity index (χ0v) is 33.6. The van der Waals surface area contributed by atoms with Crippen LogP contribution in [0, 0.1) is 10.1 Å². The fraction of sp³-hybridized carbons (Fsp3) is 0.326. The number of H-pyrrole nitrogens is 1. The fourth-order valence-corrected chi connectivity index (χ4v) is 6.95. The van der Waals surface area contributed by atoms with E-state index in [4.69, 9.17) is 23.7 Å². The van der Waals surface area contributed by atoms with Gasteiger partial charge >= 0.3 is 23.6 Å². The van der Waals surface area contributed by atoms with Gasteiger partial charge in [-0.3, -0.25) is 24.5 Å². The molecule has 0 saturated carbocycles. The Morgan fingerprint density at radius 2 is 1.25 bits per heavy atom. The molecule has 1 aromatic heterocycles. The van der Waals surface area contributed by atoms with Gasteiger partial charge in [0.25, 0.3) is 11.2 Å². The van der Waals surface area contributed by atoms with Crippen LogP contribution < -0.4 is 11.2 Å². The fourth-order valence-electron chi connectivity index (χ4n) is 6.95. The van der Waals surface area contributed by atoms with Crippen molar-refractivity contribution in [2.75, 3.05) is 13.2 Å². The van der Waals surface area contributed by atoms with Crippen molar-refractivity contribution in [2.45, 2.75) is 82.5 Å². The molecule has 2 heterocycles. The van der Waals surface area contributed by atoms with E-state index in [9.17, 15) is 34.1 Å². The number of rotatable bonds is 20. The van der Waals surface area contributed by atoms with Crippen LogP contribution in [-0.4, -0.2) is 63.9 Å². The van der Waals surface area contributed by atoms with Crippen LogP contribution in [-0.2, 0) is 23.7 Å². The number of nitrogens with one attached hydrogen (secondary N) is 1. The predicted molar refractivity (Wildman–Crippen MR) is 222 cm³/mol. The van der Waals surface area contributed by atoms with E-state index in [0.29, 0.717) is 12.0 Å². The first kappa shape index (κ1) is 43.9. The van der Waals surface area contributed by atoms with Crippen molar-refractivity contribution < 1.29 is 43.0 Å². The van der Waals surface area contributed by atoms with Crippen molar-refractivity contribution >= 4 is 23.6 Å². The first-order chi connectivity index (χ1) is 29.6. The van der Waals surface area contributed by atoms with E-state index in [1.165, 1.54) is 54.7 Å². The lowest BCUT2D eigenvalue weighted by atomic mass is 10.0. The van der Waals surface area contributed by atoms with E-state index < -0.39 is 71.3 Å². The molecule has 61 heavy (non-hydrogen) atoms. The summed E-state index contributed by atoms with van der Waals surface area (Å²) in [5.41, 5.74) is -1.09. The molecule has 0 amide bonds. The maximum Gasteiger partial charge on any atom is 0.338 e. The van der Waals surface area contributed by atoms with Gasteiger partial charge in [0, 0.05) is 24.9 Å². The third kappa shape index (κ3) is 11.5. The Morgan fingerprint density at radius 3 is 1.80 bits per heavy atom. The monoisotopic (exact) mass is 833 g/mol. The third-order valence-corrected chi connectivity index (χ3v) is 10.2. The predicted octanol–water partition coefficient (Wildman–Crippen LogP) is 7.51. The molecular formula is C46H47N3O12. The molecule has 6 rings (SSSR count). The Labute approximate surface area is 351 Å². The quantitative estimate of drug-likeness (QED) is 0.0267. The molecule has 0 unspecified atom stereocenters. The zero-order chi connectivity index (χ0) is 43.1. The average Bonchev–Trinajstić information content (AvgIpc) is 3.61. The van der Waals surface area contributed by atoms with Gasteiger partial charge in [-0.15, -0.1) is 0 Å². The number of nitrogens with zero attached hydrogens (tertiary/aromatic N) is 2. The van der Waals surface area contributed by atoms with Crippen LogP contribution in [0.2, 0.25) is 0 Å². The molecule has 0 radical (unpaired) electrons. The van der Waals surface area contributed by atoms with E-state index in [2.05, 4.69) is 11.9 Å². The highest BCUT2D eigenvalue weighted by atomic mass is 16.7. The summed E-state index contributed by atoms with van der Waals surface area (Å²) in [6, 6.07) is 29.7. The number of benzene rings is 4. The van der Waals surface area contributed by atoms with Crippen molar-refractivity contribution in [3.63, 3.8) is 0 Å². The lowest BCUT2D eigenvalue weighted by molar-refractivity contribution is -0.384. The van der Waals surface area contributed by atoms with Gasteiger partial charge < -0.3 is 23.7 Å². The smallest absolute Gasteiger partial charge is 0.338 e. The van der Waals surface area contributed by atoms with Crippen LogP contribution in [0.15, 0.2) is 131 Å². The number of esters is 3. The molecule has 0 aliphatic carbocycles. The number of hydrogen-bond acceptors (Lipinski definition) is 12. The normalized spacial score (nSPS) is 17.6. The molecule has 1 N–H and O–H groups in total. The van der Waals surface area contributed by atoms with Crippen LogP contribution >= 0.6 is 0 Å². The number of carbonyl (C=O) groups is 3. The number of aromatic nitrogens is 2. The summed E-state index contributed by atoms with van der Waals surface area (Å²) < 4.78 is 31.4. The average molecular weight is 834 g/mol. The Kier molecular flexibility index (Phi) is 15.5. The molecule has 5 atom stereocenters. The van der Waals surface area contributed by atoms with Crippen LogP contribution in [0.3, 0.4) is 0 Å². The van der Waals surface area contributed by atoms with E-state index in [1.807, 2.05) is 0 Å². The summed E-state index contributed by atoms with van der Waals surface area (Å²) in [6.45, 7) is 1.86. The van der Waals surface area contributed by atoms with Crippen molar-refractivity contribution in [3.8, 4) is 0 Å². The summed E-state index contributed by atoms with van der Waals surface area (Å²) in [5, 5.41) is 11.5. The molecule has 15 heteroatoms. The molecule has 1 saturated heterocycles. The van der Waals surface area contributed by atoms with Gasteiger partial charge in [0.15, 0.2) is 18.4 Å². The topological polar surface area (TPSA) is 195 Å². The van der Waals surface area contributed by atoms with Gasteiger partial charge in [0.1, 0.15) is 18.8 Å². The third-order valence-electron chi connectivity index (χ3n) is 10.2. The Morgan fingerprint density at radius 1 is 0.721 bits per heavy atom. The molecule has 15 nitrogen and oxygen atoms in total. The first-order valence-electron chi connectivity index (χ1n) is 20.3. The number of non-ortho nitro benzene ring substituents is 1. The van der Waals surface area contributed by atoms with E-state index in [-0.39, 0.29) is 34.5 Å². The van der Waals surface area contributed by atoms with Gasteiger partial charge in [-0.05, 0) is 60.5 Å². The SMILES string of the molecule is CCCCCCCCCO[C@H](c1ccc([N+](=O)[O-])cc1)c1cn([C@@H]2O[C@H](COC(=O)c3ccccc3)[C@@H](OC(=O)c3ccccc3)[C@H]2OC(=O)c2ccccc2)c(=O)[nH]c1=O. The van der Waals surface area contributed by atoms with Crippen molar-refractivity contribution in [2.24, 2.45) is 0 Å². The number of unbranched alkanes of at least 4 members (excludes halogenated alkanes) is 6. The van der Waals surface area contributed by atoms with Gasteiger partial charge in [-0.2, -0.15) is 0 Å². The largest absolute Gasteiger partial charge is 0.459 e. The van der Waals surface area contributed by atoms with Gasteiger partial charge in [-0.25, -0.2) is 19.2 Å². The second kappa shape index (κ2) is 21.5. The highest BCUT2D eigenvalue weighted by Gasteiger charge is 2.52. The summed E-state index contributed by atoms with van der Waals surface area (Å²) >= 11 is 0. The minimum atomic E-state index is -1.56. The van der Waals surface area contributed by atoms with Crippen molar-refractivity contribution in [1.82, 2.24) is 9.55 Å². The molecule has 318 valence electrons. The van der Waals surface area contributed by atoms with E-state index in [1.54, 1.807) is 66.7 Å². The maximum atomic E-state index is 13.9. The molecule has 1 aliphatic rings. The minimum absolute atomic E-state index is 0.0649. The number of ether oxygens (including phenoxy) is 5. The number of carbonyl (C=O) groups excluding carboxylic acids is 3. The van der Waals surface area contributed by atoms with E-state index >= 15 is 0 Å². The standard InChI is InChI=1S/C46H47N3O12/c1-2-3-4-5-6-7-17-28-57-38(31-24-26-35(27-25-31)49(55)56)36-29-48(46(54)47-41(36)50)42-40(61-45(53)34-22-15-10-16-23-34)39(60-44(52)33-20-13-9-14-21-33)37(59-42)30-58-43(51)32-18-11-8-12-19-32/h8-16,18-27,29,37-40,42H,2-7,17,28,30H2,1H3,(H,47,50,54)/t37-,38-,39-,40-,42-/m1/s1. The van der Waals surface area contributed by atoms with Gasteiger partial charge in [0.05, 0.1) is 27.2 Å². The maximum absolute atomic E-state index is 13.9. The zero-order valence-electron chi connectivity index (χ0n) is 33.6.